The maximum absolute atomic E-state index is 12.5. The molecule has 1 aliphatic rings. The molecule has 134 valence electrons. The van der Waals surface area contributed by atoms with Crippen LogP contribution < -0.4 is 10.7 Å². The third-order valence-electron chi connectivity index (χ3n) is 4.14. The number of rotatable bonds is 4. The molecule has 0 saturated carbocycles. The average molecular weight is 481 g/mol. The normalized spacial score (nSPS) is 19.5. The number of hydrogen-bond donors (Lipinski definition) is 3. The van der Waals surface area contributed by atoms with Crippen LogP contribution in [0.2, 0.25) is 0 Å². The van der Waals surface area contributed by atoms with Crippen LogP contribution in [0.5, 0.6) is 5.75 Å². The Morgan fingerprint density at radius 1 is 1.23 bits per heavy atom. The molecule has 0 bridgehead atoms. The predicted octanol–water partition coefficient (Wildman–Crippen LogP) is 2.90. The number of phenolic OH excluding ortho intramolecular Hbond substituents is 1. The first-order valence-corrected chi connectivity index (χ1v) is 9.39. The van der Waals surface area contributed by atoms with Crippen LogP contribution >= 0.6 is 31.9 Å². The highest BCUT2D eigenvalue weighted by molar-refractivity contribution is 9.11. The van der Waals surface area contributed by atoms with E-state index in [0.29, 0.717) is 21.1 Å². The lowest BCUT2D eigenvalue weighted by Gasteiger charge is -2.15. The zero-order valence-corrected chi connectivity index (χ0v) is 16.6. The minimum atomic E-state index is -0.837. The predicted molar refractivity (Wildman–Crippen MR) is 105 cm³/mol. The summed E-state index contributed by atoms with van der Waals surface area (Å²) in [6.45, 7) is 0.413. The van der Waals surface area contributed by atoms with Gasteiger partial charge in [-0.1, -0.05) is 46.3 Å². The van der Waals surface area contributed by atoms with Crippen LogP contribution in [-0.4, -0.2) is 29.7 Å². The van der Waals surface area contributed by atoms with Crippen LogP contribution in [-0.2, 0) is 9.59 Å². The lowest BCUT2D eigenvalue weighted by atomic mass is 9.88. The number of carbonyl (C=O) groups excluding carboxylic acids is 2. The first kappa shape index (κ1) is 18.6. The van der Waals surface area contributed by atoms with Crippen molar-refractivity contribution in [1.29, 1.82) is 0 Å². The summed E-state index contributed by atoms with van der Waals surface area (Å²) in [7, 11) is 0. The fraction of sp³-hybridized carbons (Fsp3) is 0.167. The highest BCUT2D eigenvalue weighted by Crippen LogP contribution is 2.30. The molecule has 2 atom stereocenters. The van der Waals surface area contributed by atoms with E-state index in [4.69, 9.17) is 0 Å². The van der Waals surface area contributed by atoms with E-state index in [2.05, 4.69) is 47.7 Å². The highest BCUT2D eigenvalue weighted by atomic mass is 79.9. The van der Waals surface area contributed by atoms with Crippen LogP contribution in [0.25, 0.3) is 0 Å². The Hall–Kier alpha value is -2.19. The smallest absolute Gasteiger partial charge is 0.253 e. The van der Waals surface area contributed by atoms with Crippen molar-refractivity contribution in [3.05, 3.63) is 62.5 Å². The van der Waals surface area contributed by atoms with Gasteiger partial charge in [0.2, 0.25) is 5.91 Å². The lowest BCUT2D eigenvalue weighted by Crippen LogP contribution is -2.34. The topological polar surface area (TPSA) is 90.8 Å². The zero-order chi connectivity index (χ0) is 18.7. The standard InChI is InChI=1S/C18H15Br2N3O3/c19-13-7-14(20)15(24)6-11(13)8-22-23-18(26)16-12(9-21-17(16)25)10-4-2-1-3-5-10/h1-8,12,16,24H,9H2,(H,21,25)(H,23,26). The minimum absolute atomic E-state index is 0.0558. The van der Waals surface area contributed by atoms with Crippen LogP contribution in [0.3, 0.4) is 0 Å². The van der Waals surface area contributed by atoms with Gasteiger partial charge in [-0.25, -0.2) is 5.43 Å². The number of hydrazone groups is 1. The van der Waals surface area contributed by atoms with Crippen LogP contribution in [0, 0.1) is 5.92 Å². The summed E-state index contributed by atoms with van der Waals surface area (Å²) >= 11 is 6.57. The summed E-state index contributed by atoms with van der Waals surface area (Å²) in [6.07, 6.45) is 1.40. The second kappa shape index (κ2) is 8.01. The van der Waals surface area contributed by atoms with Crippen molar-refractivity contribution in [3.63, 3.8) is 0 Å². The maximum Gasteiger partial charge on any atom is 0.253 e. The molecule has 3 N–H and O–H groups in total. The van der Waals surface area contributed by atoms with Gasteiger partial charge >= 0.3 is 0 Å². The number of halogens is 2. The van der Waals surface area contributed by atoms with Crippen molar-refractivity contribution in [2.24, 2.45) is 11.0 Å². The van der Waals surface area contributed by atoms with Crippen molar-refractivity contribution < 1.29 is 14.7 Å². The molecule has 0 aliphatic carbocycles. The van der Waals surface area contributed by atoms with E-state index in [0.717, 1.165) is 5.56 Å². The summed E-state index contributed by atoms with van der Waals surface area (Å²) in [4.78, 5) is 24.6. The lowest BCUT2D eigenvalue weighted by molar-refractivity contribution is -0.133. The van der Waals surface area contributed by atoms with E-state index in [9.17, 15) is 14.7 Å². The number of hydrogen-bond acceptors (Lipinski definition) is 4. The van der Waals surface area contributed by atoms with E-state index in [1.54, 1.807) is 6.07 Å². The Morgan fingerprint density at radius 2 is 1.96 bits per heavy atom. The third-order valence-corrected chi connectivity index (χ3v) is 5.46. The zero-order valence-electron chi connectivity index (χ0n) is 13.4. The number of carbonyl (C=O) groups is 2. The van der Waals surface area contributed by atoms with Crippen molar-refractivity contribution in [3.8, 4) is 5.75 Å². The van der Waals surface area contributed by atoms with Gasteiger partial charge in [0, 0.05) is 22.5 Å². The molecule has 0 aromatic heterocycles. The van der Waals surface area contributed by atoms with Gasteiger partial charge in [-0.05, 0) is 33.6 Å². The van der Waals surface area contributed by atoms with Crippen molar-refractivity contribution in [1.82, 2.24) is 10.7 Å². The molecule has 1 aliphatic heterocycles. The minimum Gasteiger partial charge on any atom is -0.507 e. The van der Waals surface area contributed by atoms with Gasteiger partial charge in [0.15, 0.2) is 0 Å². The second-order valence-corrected chi connectivity index (χ2v) is 7.51. The summed E-state index contributed by atoms with van der Waals surface area (Å²) in [5.74, 6) is -1.80. The van der Waals surface area contributed by atoms with Crippen LogP contribution in [0.15, 0.2) is 56.5 Å². The first-order valence-electron chi connectivity index (χ1n) is 7.81. The molecule has 2 amide bonds. The molecule has 6 nitrogen and oxygen atoms in total. The molecule has 2 aromatic rings. The molecule has 8 heteroatoms. The van der Waals surface area contributed by atoms with E-state index in [-0.39, 0.29) is 17.6 Å². The Kier molecular flexibility index (Phi) is 5.73. The monoisotopic (exact) mass is 479 g/mol. The largest absolute Gasteiger partial charge is 0.507 e. The number of aromatic hydroxyl groups is 1. The molecule has 1 heterocycles. The molecule has 1 saturated heterocycles. The van der Waals surface area contributed by atoms with Crippen LogP contribution in [0.1, 0.15) is 17.0 Å². The second-order valence-electron chi connectivity index (χ2n) is 5.80. The van der Waals surface area contributed by atoms with E-state index in [1.807, 2.05) is 30.3 Å². The van der Waals surface area contributed by atoms with E-state index >= 15 is 0 Å². The Labute approximate surface area is 166 Å². The van der Waals surface area contributed by atoms with Gasteiger partial charge in [-0.3, -0.25) is 9.59 Å². The van der Waals surface area contributed by atoms with Gasteiger partial charge in [0.05, 0.1) is 10.7 Å². The van der Waals surface area contributed by atoms with Gasteiger partial charge in [-0.15, -0.1) is 0 Å². The Morgan fingerprint density at radius 3 is 2.69 bits per heavy atom. The number of phenols is 1. The van der Waals surface area contributed by atoms with Gasteiger partial charge < -0.3 is 10.4 Å². The maximum atomic E-state index is 12.5. The molecular formula is C18H15Br2N3O3. The summed E-state index contributed by atoms with van der Waals surface area (Å²) in [5.41, 5.74) is 3.93. The van der Waals surface area contributed by atoms with Crippen molar-refractivity contribution >= 4 is 49.9 Å². The van der Waals surface area contributed by atoms with Gasteiger partial charge in [-0.2, -0.15) is 5.10 Å². The van der Waals surface area contributed by atoms with Crippen LogP contribution in [0.4, 0.5) is 0 Å². The number of nitrogens with one attached hydrogen (secondary N) is 2. The van der Waals surface area contributed by atoms with Gasteiger partial charge in [0.1, 0.15) is 11.7 Å². The third kappa shape index (κ3) is 3.96. The molecule has 0 radical (unpaired) electrons. The van der Waals surface area contributed by atoms with Crippen molar-refractivity contribution in [2.45, 2.75) is 5.92 Å². The molecular weight excluding hydrogens is 466 g/mol. The number of benzene rings is 2. The molecule has 26 heavy (non-hydrogen) atoms. The molecule has 0 spiro atoms. The van der Waals surface area contributed by atoms with E-state index in [1.165, 1.54) is 12.3 Å². The molecule has 3 rings (SSSR count). The first-order chi connectivity index (χ1) is 12.5. The van der Waals surface area contributed by atoms with Gasteiger partial charge in [0.25, 0.3) is 5.91 Å². The Bertz CT molecular complexity index is 871. The molecule has 1 fully saturated rings. The Balaban J connectivity index is 1.73. The summed E-state index contributed by atoms with van der Waals surface area (Å²) in [6, 6.07) is 12.6. The fourth-order valence-corrected chi connectivity index (χ4v) is 3.92. The number of nitrogens with zero attached hydrogens (tertiary/aromatic N) is 1. The van der Waals surface area contributed by atoms with E-state index < -0.39 is 11.8 Å². The fourth-order valence-electron chi connectivity index (χ4n) is 2.82. The average Bonchev–Trinajstić information content (AvgIpc) is 3.01. The highest BCUT2D eigenvalue weighted by Gasteiger charge is 2.40. The SMILES string of the molecule is O=C1NCC(c2ccccc2)C1C(=O)NN=Cc1cc(O)c(Br)cc1Br. The van der Waals surface area contributed by atoms with Crippen molar-refractivity contribution in [2.75, 3.05) is 6.54 Å². The summed E-state index contributed by atoms with van der Waals surface area (Å²) in [5, 5.41) is 16.4. The summed E-state index contributed by atoms with van der Waals surface area (Å²) < 4.78 is 1.24. The number of amides is 2. The molecule has 2 unspecified atom stereocenters. The quantitative estimate of drug-likeness (QED) is 0.357. The molecule has 2 aromatic carbocycles.